The van der Waals surface area contributed by atoms with Crippen LogP contribution < -0.4 is 20.1 Å². The summed E-state index contributed by atoms with van der Waals surface area (Å²) >= 11 is 6.92. The molecule has 1 fully saturated rings. The number of rotatable bonds is 5. The van der Waals surface area contributed by atoms with Gasteiger partial charge >= 0.3 is 6.03 Å². The van der Waals surface area contributed by atoms with E-state index in [1.165, 1.54) is 0 Å². The molecule has 0 aromatic heterocycles. The van der Waals surface area contributed by atoms with Crippen molar-refractivity contribution in [2.75, 3.05) is 7.11 Å². The Labute approximate surface area is 166 Å². The second kappa shape index (κ2) is 7.92. The highest BCUT2D eigenvalue weighted by molar-refractivity contribution is 9.11. The number of amides is 3. The summed E-state index contributed by atoms with van der Waals surface area (Å²) in [6.07, 6.45) is 1.57. The van der Waals surface area contributed by atoms with Crippen LogP contribution in [0, 0.1) is 0 Å². The van der Waals surface area contributed by atoms with Gasteiger partial charge in [0.1, 0.15) is 12.3 Å². The van der Waals surface area contributed by atoms with Crippen LogP contribution in [-0.2, 0) is 11.4 Å². The fourth-order valence-electron chi connectivity index (χ4n) is 2.34. The lowest BCUT2D eigenvalue weighted by Crippen LogP contribution is -2.22. The van der Waals surface area contributed by atoms with Crippen LogP contribution in [0.15, 0.2) is 51.0 Å². The third-order valence-electron chi connectivity index (χ3n) is 3.62. The fraction of sp³-hybridized carbons (Fsp3) is 0.111. The number of imide groups is 1. The Morgan fingerprint density at radius 2 is 1.85 bits per heavy atom. The lowest BCUT2D eigenvalue weighted by atomic mass is 10.1. The average molecular weight is 482 g/mol. The van der Waals surface area contributed by atoms with Crippen molar-refractivity contribution < 1.29 is 19.1 Å². The summed E-state index contributed by atoms with van der Waals surface area (Å²) < 4.78 is 13.2. The maximum atomic E-state index is 11.6. The third kappa shape index (κ3) is 4.25. The summed E-state index contributed by atoms with van der Waals surface area (Å²) in [5, 5.41) is 4.60. The van der Waals surface area contributed by atoms with Crippen LogP contribution in [0.1, 0.15) is 11.1 Å². The van der Waals surface area contributed by atoms with E-state index < -0.39 is 11.9 Å². The summed E-state index contributed by atoms with van der Waals surface area (Å²) in [4.78, 5) is 22.8. The molecule has 3 rings (SSSR count). The first-order chi connectivity index (χ1) is 12.5. The third-order valence-corrected chi connectivity index (χ3v) is 4.85. The molecular weight excluding hydrogens is 468 g/mol. The fourth-order valence-corrected chi connectivity index (χ4v) is 3.50. The first-order valence-corrected chi connectivity index (χ1v) is 9.13. The smallest absolute Gasteiger partial charge is 0.326 e. The first-order valence-electron chi connectivity index (χ1n) is 7.55. The van der Waals surface area contributed by atoms with Gasteiger partial charge in [0, 0.05) is 14.5 Å². The number of carbonyl (C=O) groups is 2. The SMILES string of the molecule is COc1cc(C=C2NC(=O)NC2=O)ccc1OCc1ccc(Br)cc1Br. The highest BCUT2D eigenvalue weighted by atomic mass is 79.9. The molecule has 134 valence electrons. The first kappa shape index (κ1) is 18.5. The molecule has 2 aromatic carbocycles. The van der Waals surface area contributed by atoms with E-state index in [-0.39, 0.29) is 5.70 Å². The van der Waals surface area contributed by atoms with Gasteiger partial charge in [-0.25, -0.2) is 4.79 Å². The van der Waals surface area contributed by atoms with Crippen LogP contribution in [0.3, 0.4) is 0 Å². The Hall–Kier alpha value is -2.32. The van der Waals surface area contributed by atoms with E-state index in [2.05, 4.69) is 42.5 Å². The molecule has 1 aliphatic heterocycles. The highest BCUT2D eigenvalue weighted by Crippen LogP contribution is 2.31. The van der Waals surface area contributed by atoms with Gasteiger partial charge in [0.25, 0.3) is 5.91 Å². The van der Waals surface area contributed by atoms with E-state index in [1.54, 1.807) is 31.4 Å². The maximum Gasteiger partial charge on any atom is 0.326 e. The summed E-state index contributed by atoms with van der Waals surface area (Å²) in [7, 11) is 1.54. The van der Waals surface area contributed by atoms with Crippen molar-refractivity contribution in [1.82, 2.24) is 10.6 Å². The second-order valence-electron chi connectivity index (χ2n) is 5.40. The van der Waals surface area contributed by atoms with Crippen LogP contribution in [-0.4, -0.2) is 19.0 Å². The van der Waals surface area contributed by atoms with Gasteiger partial charge in [-0.1, -0.05) is 44.0 Å². The van der Waals surface area contributed by atoms with Gasteiger partial charge in [0.15, 0.2) is 11.5 Å². The van der Waals surface area contributed by atoms with Gasteiger partial charge in [0.2, 0.25) is 0 Å². The van der Waals surface area contributed by atoms with E-state index in [1.807, 2.05) is 18.2 Å². The molecule has 26 heavy (non-hydrogen) atoms. The van der Waals surface area contributed by atoms with E-state index in [0.717, 1.165) is 14.5 Å². The average Bonchev–Trinajstić information content (AvgIpc) is 2.92. The minimum atomic E-state index is -0.534. The molecule has 8 heteroatoms. The predicted octanol–water partition coefficient (Wildman–Crippen LogP) is 3.98. The zero-order valence-corrected chi connectivity index (χ0v) is 16.8. The van der Waals surface area contributed by atoms with Gasteiger partial charge in [-0.3, -0.25) is 10.1 Å². The number of nitrogens with one attached hydrogen (secondary N) is 2. The van der Waals surface area contributed by atoms with E-state index in [4.69, 9.17) is 9.47 Å². The molecule has 0 spiro atoms. The Morgan fingerprint density at radius 1 is 1.04 bits per heavy atom. The summed E-state index contributed by atoms with van der Waals surface area (Å²) in [5.74, 6) is 0.635. The van der Waals surface area contributed by atoms with Crippen molar-refractivity contribution in [3.63, 3.8) is 0 Å². The van der Waals surface area contributed by atoms with Crippen molar-refractivity contribution in [3.8, 4) is 11.5 Å². The molecule has 1 heterocycles. The van der Waals surface area contributed by atoms with E-state index in [9.17, 15) is 9.59 Å². The molecule has 0 radical (unpaired) electrons. The maximum absolute atomic E-state index is 11.6. The minimum absolute atomic E-state index is 0.185. The van der Waals surface area contributed by atoms with E-state index >= 15 is 0 Å². The Morgan fingerprint density at radius 3 is 2.50 bits per heavy atom. The highest BCUT2D eigenvalue weighted by Gasteiger charge is 2.22. The monoisotopic (exact) mass is 480 g/mol. The number of carbonyl (C=O) groups excluding carboxylic acids is 2. The van der Waals surface area contributed by atoms with Gasteiger partial charge in [-0.15, -0.1) is 0 Å². The molecule has 1 aliphatic rings. The van der Waals surface area contributed by atoms with Crippen LogP contribution >= 0.6 is 31.9 Å². The Bertz CT molecular complexity index is 912. The molecule has 0 aliphatic carbocycles. The lowest BCUT2D eigenvalue weighted by molar-refractivity contribution is -0.115. The summed E-state index contributed by atoms with van der Waals surface area (Å²) in [6, 6.07) is 10.6. The molecule has 2 N–H and O–H groups in total. The van der Waals surface area contributed by atoms with Gasteiger partial charge in [0.05, 0.1) is 7.11 Å². The number of hydrogen-bond acceptors (Lipinski definition) is 4. The molecule has 3 amide bonds. The number of urea groups is 1. The standard InChI is InChI=1S/C18H14Br2N2O4/c1-25-16-7-10(6-14-17(23)22-18(24)21-14)2-5-15(16)26-9-11-3-4-12(19)8-13(11)20/h2-8H,9H2,1H3,(H2,21,22,23,24). The molecule has 0 unspecified atom stereocenters. The van der Waals surface area contributed by atoms with Crippen LogP contribution in [0.4, 0.5) is 4.79 Å². The van der Waals surface area contributed by atoms with Crippen molar-refractivity contribution in [2.45, 2.75) is 6.61 Å². The van der Waals surface area contributed by atoms with E-state index in [0.29, 0.717) is 23.7 Å². The van der Waals surface area contributed by atoms with Gasteiger partial charge in [-0.2, -0.15) is 0 Å². The van der Waals surface area contributed by atoms with Crippen molar-refractivity contribution >= 4 is 49.9 Å². The number of ether oxygens (including phenoxy) is 2. The Balaban J connectivity index is 1.77. The minimum Gasteiger partial charge on any atom is -0.493 e. The second-order valence-corrected chi connectivity index (χ2v) is 7.17. The summed E-state index contributed by atoms with van der Waals surface area (Å²) in [6.45, 7) is 0.364. The number of benzene rings is 2. The Kier molecular flexibility index (Phi) is 5.63. The normalized spacial score (nSPS) is 15.0. The topological polar surface area (TPSA) is 76.7 Å². The van der Waals surface area contributed by atoms with Crippen molar-refractivity contribution in [1.29, 1.82) is 0 Å². The van der Waals surface area contributed by atoms with Crippen LogP contribution in [0.5, 0.6) is 11.5 Å². The van der Waals surface area contributed by atoms with Crippen molar-refractivity contribution in [2.24, 2.45) is 0 Å². The quantitative estimate of drug-likeness (QED) is 0.500. The summed E-state index contributed by atoms with van der Waals surface area (Å²) in [5.41, 5.74) is 1.88. The number of hydrogen-bond donors (Lipinski definition) is 2. The largest absolute Gasteiger partial charge is 0.493 e. The van der Waals surface area contributed by atoms with Crippen LogP contribution in [0.2, 0.25) is 0 Å². The number of methoxy groups -OCH3 is 1. The van der Waals surface area contributed by atoms with Gasteiger partial charge in [-0.05, 0) is 35.9 Å². The number of halogens is 2. The molecule has 1 saturated heterocycles. The predicted molar refractivity (Wildman–Crippen MR) is 104 cm³/mol. The molecular formula is C18H14Br2N2O4. The zero-order valence-electron chi connectivity index (χ0n) is 13.6. The van der Waals surface area contributed by atoms with Crippen molar-refractivity contribution in [3.05, 3.63) is 62.2 Å². The molecule has 0 atom stereocenters. The molecule has 2 aromatic rings. The molecule has 6 nitrogen and oxygen atoms in total. The zero-order chi connectivity index (χ0) is 18.7. The van der Waals surface area contributed by atoms with Crippen LogP contribution in [0.25, 0.3) is 6.08 Å². The molecule has 0 saturated carbocycles. The lowest BCUT2D eigenvalue weighted by Gasteiger charge is -2.12. The van der Waals surface area contributed by atoms with Gasteiger partial charge < -0.3 is 14.8 Å². The molecule has 0 bridgehead atoms.